The number of hydrogen-bond acceptors (Lipinski definition) is 2. The molecule has 0 aliphatic carbocycles. The van der Waals surface area contributed by atoms with Crippen LogP contribution in [-0.2, 0) is 6.42 Å². The Morgan fingerprint density at radius 1 is 1.05 bits per heavy atom. The molecular weight excluding hydrogens is 258 g/mol. The number of nitrogens with one attached hydrogen (secondary N) is 1. The maximum Gasteiger partial charge on any atom is 0.119 e. The van der Waals surface area contributed by atoms with Gasteiger partial charge in [0.1, 0.15) is 5.75 Å². The molecule has 1 aliphatic rings. The van der Waals surface area contributed by atoms with Gasteiger partial charge in [-0.05, 0) is 55.5 Å². The van der Waals surface area contributed by atoms with Crippen molar-refractivity contribution in [1.82, 2.24) is 5.32 Å². The van der Waals surface area contributed by atoms with Crippen molar-refractivity contribution >= 4 is 0 Å². The lowest BCUT2D eigenvalue weighted by Gasteiger charge is -2.20. The molecule has 0 aromatic heterocycles. The van der Waals surface area contributed by atoms with E-state index >= 15 is 0 Å². The van der Waals surface area contributed by atoms with E-state index in [1.807, 2.05) is 6.92 Å². The molecule has 1 aliphatic heterocycles. The van der Waals surface area contributed by atoms with Crippen molar-refractivity contribution < 1.29 is 4.74 Å². The van der Waals surface area contributed by atoms with Gasteiger partial charge in [-0.2, -0.15) is 0 Å². The van der Waals surface area contributed by atoms with Crippen LogP contribution < -0.4 is 10.1 Å². The summed E-state index contributed by atoms with van der Waals surface area (Å²) in [6.45, 7) is 3.84. The van der Waals surface area contributed by atoms with Gasteiger partial charge in [-0.15, -0.1) is 0 Å². The first-order chi connectivity index (χ1) is 10.4. The van der Waals surface area contributed by atoms with E-state index in [1.54, 1.807) is 0 Å². The zero-order valence-corrected chi connectivity index (χ0v) is 12.6. The lowest BCUT2D eigenvalue weighted by molar-refractivity contribution is 0.340. The molecule has 2 aromatic carbocycles. The van der Waals surface area contributed by atoms with E-state index in [0.29, 0.717) is 12.0 Å². The Morgan fingerprint density at radius 2 is 1.81 bits per heavy atom. The van der Waals surface area contributed by atoms with Crippen molar-refractivity contribution in [2.75, 3.05) is 13.2 Å². The first-order valence-corrected chi connectivity index (χ1v) is 7.87. The van der Waals surface area contributed by atoms with Crippen LogP contribution in [0.25, 0.3) is 0 Å². The first kappa shape index (κ1) is 14.2. The van der Waals surface area contributed by atoms with Gasteiger partial charge in [-0.1, -0.05) is 42.5 Å². The molecule has 110 valence electrons. The fraction of sp³-hybridized carbons (Fsp3) is 0.368. The monoisotopic (exact) mass is 281 g/mol. The summed E-state index contributed by atoms with van der Waals surface area (Å²) in [6, 6.07) is 19.8. The maximum atomic E-state index is 5.53. The topological polar surface area (TPSA) is 21.3 Å². The maximum absolute atomic E-state index is 5.53. The third-order valence-electron chi connectivity index (χ3n) is 4.24. The standard InChI is InChI=1S/C19H23NO/c1-2-21-18-10-8-16(9-11-18)19-17(12-13-20-19)14-15-6-4-3-5-7-15/h3-11,17,19-20H,2,12-14H2,1H3. The Kier molecular flexibility index (Phi) is 4.56. The van der Waals surface area contributed by atoms with E-state index in [9.17, 15) is 0 Å². The van der Waals surface area contributed by atoms with E-state index in [1.165, 1.54) is 17.5 Å². The van der Waals surface area contributed by atoms with Crippen LogP contribution in [0.15, 0.2) is 54.6 Å². The number of benzene rings is 2. The Morgan fingerprint density at radius 3 is 2.52 bits per heavy atom. The van der Waals surface area contributed by atoms with Gasteiger partial charge in [-0.25, -0.2) is 0 Å². The van der Waals surface area contributed by atoms with E-state index in [0.717, 1.165) is 25.3 Å². The van der Waals surface area contributed by atoms with E-state index in [2.05, 4.69) is 59.9 Å². The van der Waals surface area contributed by atoms with E-state index in [-0.39, 0.29) is 0 Å². The van der Waals surface area contributed by atoms with Crippen LogP contribution in [0.3, 0.4) is 0 Å². The number of ether oxygens (including phenoxy) is 1. The Hall–Kier alpha value is -1.80. The summed E-state index contributed by atoms with van der Waals surface area (Å²) in [4.78, 5) is 0. The molecule has 0 spiro atoms. The van der Waals surface area contributed by atoms with Crippen molar-refractivity contribution in [1.29, 1.82) is 0 Å². The second-order valence-corrected chi connectivity index (χ2v) is 5.67. The van der Waals surface area contributed by atoms with E-state index < -0.39 is 0 Å². The van der Waals surface area contributed by atoms with Gasteiger partial charge in [0.15, 0.2) is 0 Å². The van der Waals surface area contributed by atoms with Crippen LogP contribution in [0.4, 0.5) is 0 Å². The molecular formula is C19H23NO. The summed E-state index contributed by atoms with van der Waals surface area (Å²) in [5.41, 5.74) is 2.80. The minimum atomic E-state index is 0.459. The summed E-state index contributed by atoms with van der Waals surface area (Å²) >= 11 is 0. The van der Waals surface area contributed by atoms with Gasteiger partial charge < -0.3 is 10.1 Å². The Labute approximate surface area is 127 Å². The molecule has 2 nitrogen and oxygen atoms in total. The molecule has 0 amide bonds. The molecule has 21 heavy (non-hydrogen) atoms. The summed E-state index contributed by atoms with van der Waals surface area (Å²) in [7, 11) is 0. The highest BCUT2D eigenvalue weighted by Crippen LogP contribution is 2.33. The summed E-state index contributed by atoms with van der Waals surface area (Å²) < 4.78 is 5.53. The minimum absolute atomic E-state index is 0.459. The average Bonchev–Trinajstić information content (AvgIpc) is 2.98. The molecule has 2 atom stereocenters. The van der Waals surface area contributed by atoms with Gasteiger partial charge in [0.2, 0.25) is 0 Å². The predicted molar refractivity (Wildman–Crippen MR) is 86.6 cm³/mol. The molecule has 1 heterocycles. The van der Waals surface area contributed by atoms with Crippen LogP contribution >= 0.6 is 0 Å². The molecule has 0 radical (unpaired) electrons. The van der Waals surface area contributed by atoms with Crippen LogP contribution in [0, 0.1) is 5.92 Å². The summed E-state index contributed by atoms with van der Waals surface area (Å²) in [6.07, 6.45) is 2.39. The molecule has 2 unspecified atom stereocenters. The van der Waals surface area contributed by atoms with Gasteiger partial charge in [0.25, 0.3) is 0 Å². The second-order valence-electron chi connectivity index (χ2n) is 5.67. The van der Waals surface area contributed by atoms with Crippen LogP contribution in [0.2, 0.25) is 0 Å². The van der Waals surface area contributed by atoms with Crippen molar-refractivity contribution in [2.24, 2.45) is 5.92 Å². The average molecular weight is 281 g/mol. The molecule has 3 rings (SSSR count). The van der Waals surface area contributed by atoms with Gasteiger partial charge in [0.05, 0.1) is 6.61 Å². The Bertz CT molecular complexity index is 550. The largest absolute Gasteiger partial charge is 0.494 e. The normalized spacial score (nSPS) is 21.4. The number of hydrogen-bond donors (Lipinski definition) is 1. The first-order valence-electron chi connectivity index (χ1n) is 7.87. The highest BCUT2D eigenvalue weighted by Gasteiger charge is 2.28. The van der Waals surface area contributed by atoms with Gasteiger partial charge in [-0.3, -0.25) is 0 Å². The smallest absolute Gasteiger partial charge is 0.119 e. The summed E-state index contributed by atoms with van der Waals surface area (Å²) in [5, 5.41) is 3.65. The van der Waals surface area contributed by atoms with Gasteiger partial charge in [0, 0.05) is 6.04 Å². The number of rotatable bonds is 5. The zero-order valence-electron chi connectivity index (χ0n) is 12.6. The minimum Gasteiger partial charge on any atom is -0.494 e. The third-order valence-corrected chi connectivity index (χ3v) is 4.24. The van der Waals surface area contributed by atoms with Crippen LogP contribution in [-0.4, -0.2) is 13.2 Å². The quantitative estimate of drug-likeness (QED) is 0.895. The molecule has 0 bridgehead atoms. The second kappa shape index (κ2) is 6.77. The molecule has 2 aromatic rings. The Balaban J connectivity index is 1.71. The molecule has 0 saturated carbocycles. The predicted octanol–water partition coefficient (Wildman–Crippen LogP) is 3.98. The van der Waals surface area contributed by atoms with Gasteiger partial charge >= 0.3 is 0 Å². The van der Waals surface area contributed by atoms with Crippen molar-refractivity contribution in [3.8, 4) is 5.75 Å². The highest BCUT2D eigenvalue weighted by molar-refractivity contribution is 5.30. The third kappa shape index (κ3) is 3.45. The van der Waals surface area contributed by atoms with E-state index in [4.69, 9.17) is 4.74 Å². The highest BCUT2D eigenvalue weighted by atomic mass is 16.5. The van der Waals surface area contributed by atoms with Crippen molar-refractivity contribution in [3.05, 3.63) is 65.7 Å². The molecule has 2 heteroatoms. The fourth-order valence-corrected chi connectivity index (χ4v) is 3.22. The zero-order chi connectivity index (χ0) is 14.5. The van der Waals surface area contributed by atoms with Crippen molar-refractivity contribution in [2.45, 2.75) is 25.8 Å². The lowest BCUT2D eigenvalue weighted by atomic mass is 9.88. The SMILES string of the molecule is CCOc1ccc(C2NCCC2Cc2ccccc2)cc1. The lowest BCUT2D eigenvalue weighted by Crippen LogP contribution is -2.19. The molecule has 1 saturated heterocycles. The molecule has 1 N–H and O–H groups in total. The van der Waals surface area contributed by atoms with Crippen LogP contribution in [0.5, 0.6) is 5.75 Å². The van der Waals surface area contributed by atoms with Crippen LogP contribution in [0.1, 0.15) is 30.5 Å². The van der Waals surface area contributed by atoms with Crippen molar-refractivity contribution in [3.63, 3.8) is 0 Å². The molecule has 1 fully saturated rings. The fourth-order valence-electron chi connectivity index (χ4n) is 3.22. The summed E-state index contributed by atoms with van der Waals surface area (Å²) in [5.74, 6) is 1.63.